The maximum Gasteiger partial charge on any atom is 0.319 e. The average Bonchev–Trinajstić information content (AvgIpc) is 2.98. The van der Waals surface area contributed by atoms with E-state index in [1.807, 2.05) is 6.07 Å². The molecule has 2 rings (SSSR count). The molecule has 6 heteroatoms. The summed E-state index contributed by atoms with van der Waals surface area (Å²) in [5.41, 5.74) is 0.666. The van der Waals surface area contributed by atoms with Crippen molar-refractivity contribution in [2.24, 2.45) is 0 Å². The lowest BCUT2D eigenvalue weighted by Gasteiger charge is -2.12. The quantitative estimate of drug-likeness (QED) is 0.859. The van der Waals surface area contributed by atoms with Crippen LogP contribution in [0.25, 0.3) is 0 Å². The Hall–Kier alpha value is -2.26. The molecule has 1 aliphatic rings. The van der Waals surface area contributed by atoms with E-state index in [9.17, 15) is 4.79 Å². The van der Waals surface area contributed by atoms with Crippen molar-refractivity contribution in [1.82, 2.24) is 5.32 Å². The van der Waals surface area contributed by atoms with Crippen LogP contribution in [0.1, 0.15) is 12.8 Å². The van der Waals surface area contributed by atoms with Gasteiger partial charge in [0.2, 0.25) is 0 Å². The van der Waals surface area contributed by atoms with E-state index in [2.05, 4.69) is 10.6 Å². The second-order valence-corrected chi connectivity index (χ2v) is 4.44. The maximum absolute atomic E-state index is 11.7. The highest BCUT2D eigenvalue weighted by Gasteiger charge is 2.15. The monoisotopic (exact) mass is 275 g/mol. The van der Waals surface area contributed by atoms with Crippen LogP contribution in [0, 0.1) is 11.3 Å². The van der Waals surface area contributed by atoms with Crippen LogP contribution in [0.3, 0.4) is 0 Å². The SMILES string of the molecule is N#CCOc1ccc(NC(=O)NCC2CCCO2)cc1. The molecular formula is C14H17N3O3. The van der Waals surface area contributed by atoms with Gasteiger partial charge in [0.1, 0.15) is 11.8 Å². The summed E-state index contributed by atoms with van der Waals surface area (Å²) in [6.45, 7) is 1.31. The summed E-state index contributed by atoms with van der Waals surface area (Å²) in [6, 6.07) is 8.48. The predicted octanol–water partition coefficient (Wildman–Crippen LogP) is 1.89. The van der Waals surface area contributed by atoms with Crippen LogP contribution >= 0.6 is 0 Å². The number of ether oxygens (including phenoxy) is 2. The van der Waals surface area contributed by atoms with Crippen molar-refractivity contribution >= 4 is 11.7 Å². The fourth-order valence-electron chi connectivity index (χ4n) is 1.94. The number of amides is 2. The van der Waals surface area contributed by atoms with E-state index in [-0.39, 0.29) is 18.7 Å². The van der Waals surface area contributed by atoms with Crippen LogP contribution in [0.5, 0.6) is 5.75 Å². The summed E-state index contributed by atoms with van der Waals surface area (Å²) in [4.78, 5) is 11.7. The Balaban J connectivity index is 1.74. The summed E-state index contributed by atoms with van der Waals surface area (Å²) < 4.78 is 10.5. The van der Waals surface area contributed by atoms with Gasteiger partial charge in [0.15, 0.2) is 6.61 Å². The molecule has 6 nitrogen and oxygen atoms in total. The molecule has 0 aromatic heterocycles. The highest BCUT2D eigenvalue weighted by Crippen LogP contribution is 2.15. The molecule has 0 saturated carbocycles. The van der Waals surface area contributed by atoms with Gasteiger partial charge in [-0.05, 0) is 37.1 Å². The first-order chi connectivity index (χ1) is 9.78. The van der Waals surface area contributed by atoms with E-state index in [1.165, 1.54) is 0 Å². The number of rotatable bonds is 5. The normalized spacial score (nSPS) is 17.2. The largest absolute Gasteiger partial charge is 0.479 e. The first kappa shape index (κ1) is 14.2. The van der Waals surface area contributed by atoms with Gasteiger partial charge >= 0.3 is 6.03 Å². The zero-order valence-corrected chi connectivity index (χ0v) is 11.1. The van der Waals surface area contributed by atoms with Gasteiger partial charge in [-0.25, -0.2) is 4.79 Å². The van der Waals surface area contributed by atoms with Gasteiger partial charge in [0.25, 0.3) is 0 Å². The lowest BCUT2D eigenvalue weighted by atomic mass is 10.2. The summed E-state index contributed by atoms with van der Waals surface area (Å²) >= 11 is 0. The van der Waals surface area contributed by atoms with Crippen molar-refractivity contribution in [2.45, 2.75) is 18.9 Å². The maximum atomic E-state index is 11.7. The molecule has 2 N–H and O–H groups in total. The van der Waals surface area contributed by atoms with E-state index in [0.717, 1.165) is 19.4 Å². The Kier molecular flexibility index (Phi) is 5.21. The molecule has 0 bridgehead atoms. The van der Waals surface area contributed by atoms with Crippen LogP contribution in [0.2, 0.25) is 0 Å². The van der Waals surface area contributed by atoms with Crippen molar-refractivity contribution in [3.63, 3.8) is 0 Å². The third-order valence-corrected chi connectivity index (χ3v) is 2.93. The molecule has 1 unspecified atom stereocenters. The Morgan fingerprint density at radius 1 is 1.45 bits per heavy atom. The smallest absolute Gasteiger partial charge is 0.319 e. The number of urea groups is 1. The fourth-order valence-corrected chi connectivity index (χ4v) is 1.94. The number of hydrogen-bond acceptors (Lipinski definition) is 4. The van der Waals surface area contributed by atoms with Gasteiger partial charge in [-0.15, -0.1) is 0 Å². The molecule has 1 saturated heterocycles. The fraction of sp³-hybridized carbons (Fsp3) is 0.429. The van der Waals surface area contributed by atoms with Crippen LogP contribution < -0.4 is 15.4 Å². The van der Waals surface area contributed by atoms with Gasteiger partial charge in [0.05, 0.1) is 6.10 Å². The molecule has 106 valence electrons. The topological polar surface area (TPSA) is 83.4 Å². The van der Waals surface area contributed by atoms with Crippen molar-refractivity contribution in [1.29, 1.82) is 5.26 Å². The molecule has 1 heterocycles. The van der Waals surface area contributed by atoms with E-state index < -0.39 is 0 Å². The number of hydrogen-bond donors (Lipinski definition) is 2. The highest BCUT2D eigenvalue weighted by atomic mass is 16.5. The molecule has 1 aliphatic heterocycles. The summed E-state index contributed by atoms with van der Waals surface area (Å²) in [6.07, 6.45) is 2.17. The zero-order chi connectivity index (χ0) is 14.2. The van der Waals surface area contributed by atoms with E-state index >= 15 is 0 Å². The minimum atomic E-state index is -0.258. The third kappa shape index (κ3) is 4.44. The Labute approximate surface area is 117 Å². The average molecular weight is 275 g/mol. The standard InChI is InChI=1S/C14H17N3O3/c15-7-9-20-12-5-3-11(4-6-12)17-14(18)16-10-13-2-1-8-19-13/h3-6,13H,1-2,8-10H2,(H2,16,17,18). The second-order valence-electron chi connectivity index (χ2n) is 4.44. The minimum absolute atomic E-state index is 0.00858. The van der Waals surface area contributed by atoms with Crippen molar-refractivity contribution in [2.75, 3.05) is 25.1 Å². The Morgan fingerprint density at radius 3 is 2.90 bits per heavy atom. The summed E-state index contributed by atoms with van der Waals surface area (Å²) in [5.74, 6) is 0.594. The summed E-state index contributed by atoms with van der Waals surface area (Å²) in [5, 5.41) is 13.9. The Morgan fingerprint density at radius 2 is 2.25 bits per heavy atom. The number of benzene rings is 1. The zero-order valence-electron chi connectivity index (χ0n) is 11.1. The highest BCUT2D eigenvalue weighted by molar-refractivity contribution is 5.89. The molecule has 0 radical (unpaired) electrons. The van der Waals surface area contributed by atoms with Crippen LogP contribution in [-0.4, -0.2) is 31.9 Å². The number of carbonyl (C=O) groups is 1. The molecule has 1 aromatic carbocycles. The lowest BCUT2D eigenvalue weighted by molar-refractivity contribution is 0.112. The van der Waals surface area contributed by atoms with Crippen LogP contribution in [0.4, 0.5) is 10.5 Å². The number of nitriles is 1. The molecule has 0 spiro atoms. The number of nitrogens with one attached hydrogen (secondary N) is 2. The minimum Gasteiger partial charge on any atom is -0.479 e. The van der Waals surface area contributed by atoms with Gasteiger partial charge in [-0.2, -0.15) is 5.26 Å². The molecule has 1 atom stereocenters. The van der Waals surface area contributed by atoms with Gasteiger partial charge in [0, 0.05) is 18.8 Å². The van der Waals surface area contributed by atoms with E-state index in [4.69, 9.17) is 14.7 Å². The number of nitrogens with zero attached hydrogens (tertiary/aromatic N) is 1. The molecule has 1 aromatic rings. The Bertz CT molecular complexity index is 475. The van der Waals surface area contributed by atoms with Gasteiger partial charge in [-0.3, -0.25) is 0 Å². The van der Waals surface area contributed by atoms with Crippen molar-refractivity contribution in [3.8, 4) is 11.8 Å². The first-order valence-corrected chi connectivity index (χ1v) is 6.54. The molecule has 20 heavy (non-hydrogen) atoms. The van der Waals surface area contributed by atoms with Crippen LogP contribution in [0.15, 0.2) is 24.3 Å². The third-order valence-electron chi connectivity index (χ3n) is 2.93. The summed E-state index contributed by atoms with van der Waals surface area (Å²) in [7, 11) is 0. The lowest BCUT2D eigenvalue weighted by Crippen LogP contribution is -2.34. The van der Waals surface area contributed by atoms with Gasteiger partial charge in [-0.1, -0.05) is 0 Å². The van der Waals surface area contributed by atoms with Gasteiger partial charge < -0.3 is 20.1 Å². The molecule has 0 aliphatic carbocycles. The molecule has 2 amide bonds. The molecule has 1 fully saturated rings. The van der Waals surface area contributed by atoms with Crippen molar-refractivity contribution in [3.05, 3.63) is 24.3 Å². The second kappa shape index (κ2) is 7.36. The number of anilines is 1. The van der Waals surface area contributed by atoms with E-state index in [1.54, 1.807) is 24.3 Å². The van der Waals surface area contributed by atoms with Crippen LogP contribution in [-0.2, 0) is 4.74 Å². The predicted molar refractivity (Wildman–Crippen MR) is 73.5 cm³/mol. The van der Waals surface area contributed by atoms with Crippen molar-refractivity contribution < 1.29 is 14.3 Å². The number of carbonyl (C=O) groups excluding carboxylic acids is 1. The molecular weight excluding hydrogens is 258 g/mol. The van der Waals surface area contributed by atoms with E-state index in [0.29, 0.717) is 18.0 Å². The first-order valence-electron chi connectivity index (χ1n) is 6.54.